The first-order chi connectivity index (χ1) is 19.4. The molecular weight excluding hydrogens is 506 g/mol. The first-order valence-corrected chi connectivity index (χ1v) is 13.5. The third-order valence-corrected chi connectivity index (χ3v) is 7.67. The highest BCUT2D eigenvalue weighted by Gasteiger charge is 2.24. The second-order valence-electron chi connectivity index (χ2n) is 10.1. The van der Waals surface area contributed by atoms with E-state index in [2.05, 4.69) is 12.2 Å². The zero-order valence-electron chi connectivity index (χ0n) is 23.6. The van der Waals surface area contributed by atoms with E-state index in [4.69, 9.17) is 28.9 Å². The monoisotopic (exact) mass is 541 g/mol. The molecule has 1 heterocycles. The lowest BCUT2D eigenvalue weighted by Gasteiger charge is -2.29. The van der Waals surface area contributed by atoms with E-state index in [0.717, 1.165) is 30.4 Å². The van der Waals surface area contributed by atoms with Gasteiger partial charge >= 0.3 is 0 Å². The fraction of sp³-hybridized carbons (Fsp3) is 0.344. The number of fused-ring (bicyclic) bond motifs is 1. The minimum absolute atomic E-state index is 0.0842. The molecule has 0 spiro atoms. The summed E-state index contributed by atoms with van der Waals surface area (Å²) < 4.78 is 22.0. The Balaban J connectivity index is 1.62. The van der Waals surface area contributed by atoms with Crippen LogP contribution in [0.15, 0.2) is 54.6 Å². The molecule has 1 amide bonds. The van der Waals surface area contributed by atoms with Gasteiger partial charge in [-0.2, -0.15) is 0 Å². The van der Waals surface area contributed by atoms with E-state index >= 15 is 0 Å². The van der Waals surface area contributed by atoms with Gasteiger partial charge in [0.1, 0.15) is 0 Å². The standard InChI is InChI=1S/C32H35N3O5/c1-19-8-6-7-9-23(19)35-32(36)22-10-13-24-25(16-22)34-31(21-12-15-27(38-3)29(18-21)40-5)30(33-24)20-11-14-26(37-2)28(17-20)39-4/h10-19,23H,6-9H2,1-5H3,(H,35,36)/t19-,23-/m1/s1. The molecule has 1 fully saturated rings. The fourth-order valence-electron chi connectivity index (χ4n) is 5.35. The molecule has 208 valence electrons. The molecule has 8 heteroatoms. The molecule has 3 aromatic carbocycles. The summed E-state index contributed by atoms with van der Waals surface area (Å²) in [7, 11) is 6.40. The van der Waals surface area contributed by atoms with E-state index < -0.39 is 0 Å². The molecule has 1 aromatic heterocycles. The summed E-state index contributed by atoms with van der Waals surface area (Å²) >= 11 is 0. The average molecular weight is 542 g/mol. The molecule has 1 N–H and O–H groups in total. The number of nitrogens with zero attached hydrogens (tertiary/aromatic N) is 2. The molecule has 5 rings (SSSR count). The maximum Gasteiger partial charge on any atom is 0.251 e. The van der Waals surface area contributed by atoms with Crippen molar-refractivity contribution in [1.82, 2.24) is 15.3 Å². The summed E-state index contributed by atoms with van der Waals surface area (Å²) in [4.78, 5) is 23.3. The molecule has 0 radical (unpaired) electrons. The van der Waals surface area contributed by atoms with Gasteiger partial charge in [0.2, 0.25) is 0 Å². The Hall–Kier alpha value is -4.33. The number of hydrogen-bond donors (Lipinski definition) is 1. The van der Waals surface area contributed by atoms with Crippen LogP contribution in [0.1, 0.15) is 43.0 Å². The topological polar surface area (TPSA) is 91.8 Å². The predicted octanol–water partition coefficient (Wildman–Crippen LogP) is 6.31. The van der Waals surface area contributed by atoms with Gasteiger partial charge in [-0.25, -0.2) is 9.97 Å². The number of benzene rings is 3. The van der Waals surface area contributed by atoms with Crippen molar-refractivity contribution >= 4 is 16.9 Å². The van der Waals surface area contributed by atoms with Crippen molar-refractivity contribution in [2.45, 2.75) is 38.6 Å². The number of aromatic nitrogens is 2. The Morgan fingerprint density at radius 1 is 0.700 bits per heavy atom. The van der Waals surface area contributed by atoms with Crippen LogP contribution in [0.25, 0.3) is 33.5 Å². The lowest BCUT2D eigenvalue weighted by atomic mass is 9.86. The van der Waals surface area contributed by atoms with Gasteiger partial charge in [0.05, 0.1) is 50.9 Å². The normalized spacial score (nSPS) is 16.8. The maximum atomic E-state index is 13.2. The zero-order valence-corrected chi connectivity index (χ0v) is 23.6. The van der Waals surface area contributed by atoms with Crippen molar-refractivity contribution < 1.29 is 23.7 Å². The van der Waals surface area contributed by atoms with Crippen molar-refractivity contribution in [3.8, 4) is 45.5 Å². The van der Waals surface area contributed by atoms with Crippen molar-refractivity contribution in [3.05, 3.63) is 60.2 Å². The largest absolute Gasteiger partial charge is 0.493 e. The lowest BCUT2D eigenvalue weighted by Crippen LogP contribution is -2.41. The molecule has 0 saturated heterocycles. The van der Waals surface area contributed by atoms with E-state index in [1.807, 2.05) is 54.6 Å². The minimum atomic E-state index is -0.0842. The third kappa shape index (κ3) is 5.39. The molecule has 0 aliphatic heterocycles. The number of rotatable bonds is 8. The van der Waals surface area contributed by atoms with Crippen LogP contribution < -0.4 is 24.3 Å². The summed E-state index contributed by atoms with van der Waals surface area (Å²) in [5, 5.41) is 3.24. The minimum Gasteiger partial charge on any atom is -0.493 e. The van der Waals surface area contributed by atoms with Crippen LogP contribution in [0.3, 0.4) is 0 Å². The number of amides is 1. The molecule has 1 aliphatic carbocycles. The van der Waals surface area contributed by atoms with Crippen LogP contribution in [0.4, 0.5) is 0 Å². The number of ether oxygens (including phenoxy) is 4. The van der Waals surface area contributed by atoms with Crippen LogP contribution in [0.2, 0.25) is 0 Å². The van der Waals surface area contributed by atoms with Gasteiger partial charge in [-0.1, -0.05) is 19.8 Å². The van der Waals surface area contributed by atoms with Crippen molar-refractivity contribution in [2.24, 2.45) is 5.92 Å². The molecular formula is C32H35N3O5. The van der Waals surface area contributed by atoms with Crippen LogP contribution in [-0.4, -0.2) is 50.4 Å². The van der Waals surface area contributed by atoms with Crippen LogP contribution >= 0.6 is 0 Å². The number of nitrogens with one attached hydrogen (secondary N) is 1. The van der Waals surface area contributed by atoms with E-state index in [1.54, 1.807) is 28.4 Å². The molecule has 4 aromatic rings. The number of carbonyl (C=O) groups is 1. The quantitative estimate of drug-likeness (QED) is 0.280. The van der Waals surface area contributed by atoms with Crippen LogP contribution in [0, 0.1) is 5.92 Å². The summed E-state index contributed by atoms with van der Waals surface area (Å²) in [6, 6.07) is 17.0. The molecule has 0 bridgehead atoms. The van der Waals surface area contributed by atoms with E-state index in [9.17, 15) is 4.79 Å². The zero-order chi connectivity index (χ0) is 28.2. The first-order valence-electron chi connectivity index (χ1n) is 13.5. The fourth-order valence-corrected chi connectivity index (χ4v) is 5.35. The van der Waals surface area contributed by atoms with Gasteiger partial charge in [0.15, 0.2) is 23.0 Å². The highest BCUT2D eigenvalue weighted by Crippen LogP contribution is 2.39. The number of carbonyl (C=O) groups excluding carboxylic acids is 1. The van der Waals surface area contributed by atoms with Gasteiger partial charge in [-0.05, 0) is 73.4 Å². The highest BCUT2D eigenvalue weighted by atomic mass is 16.5. The summed E-state index contributed by atoms with van der Waals surface area (Å²) in [6.45, 7) is 2.21. The van der Waals surface area contributed by atoms with Crippen LogP contribution in [0.5, 0.6) is 23.0 Å². The van der Waals surface area contributed by atoms with E-state index in [-0.39, 0.29) is 11.9 Å². The second kappa shape index (κ2) is 11.8. The smallest absolute Gasteiger partial charge is 0.251 e. The van der Waals surface area contributed by atoms with E-state index in [1.165, 1.54) is 6.42 Å². The molecule has 1 aliphatic rings. The SMILES string of the molecule is COc1ccc(-c2nc3ccc(C(=O)N[C@@H]4CCCC[C@H]4C)cc3nc2-c2ccc(OC)c(OC)c2)cc1OC. The molecule has 0 unspecified atom stereocenters. The average Bonchev–Trinajstić information content (AvgIpc) is 3.00. The third-order valence-electron chi connectivity index (χ3n) is 7.67. The van der Waals surface area contributed by atoms with Crippen LogP contribution in [-0.2, 0) is 0 Å². The van der Waals surface area contributed by atoms with Crippen molar-refractivity contribution in [2.75, 3.05) is 28.4 Å². The molecule has 8 nitrogen and oxygen atoms in total. The molecule has 1 saturated carbocycles. The Morgan fingerprint density at radius 3 is 1.80 bits per heavy atom. The first kappa shape index (κ1) is 27.2. The Kier molecular flexibility index (Phi) is 8.05. The van der Waals surface area contributed by atoms with Gasteiger partial charge in [0, 0.05) is 22.7 Å². The molecule has 40 heavy (non-hydrogen) atoms. The number of hydrogen-bond acceptors (Lipinski definition) is 7. The maximum absolute atomic E-state index is 13.2. The summed E-state index contributed by atoms with van der Waals surface area (Å²) in [5.74, 6) is 2.79. The van der Waals surface area contributed by atoms with E-state index in [0.29, 0.717) is 56.9 Å². The van der Waals surface area contributed by atoms with Gasteiger partial charge in [0.25, 0.3) is 5.91 Å². The van der Waals surface area contributed by atoms with Gasteiger partial charge < -0.3 is 24.3 Å². The van der Waals surface area contributed by atoms with Crippen molar-refractivity contribution in [1.29, 1.82) is 0 Å². The Morgan fingerprint density at radius 2 is 1.25 bits per heavy atom. The lowest BCUT2D eigenvalue weighted by molar-refractivity contribution is 0.0910. The summed E-state index contributed by atoms with van der Waals surface area (Å²) in [5.41, 5.74) is 4.77. The van der Waals surface area contributed by atoms with Gasteiger partial charge in [-0.3, -0.25) is 4.79 Å². The molecule has 2 atom stereocenters. The second-order valence-corrected chi connectivity index (χ2v) is 10.1. The number of methoxy groups -OCH3 is 4. The predicted molar refractivity (Wildman–Crippen MR) is 156 cm³/mol. The van der Waals surface area contributed by atoms with Gasteiger partial charge in [-0.15, -0.1) is 0 Å². The Bertz CT molecular complexity index is 1540. The Labute approximate surface area is 234 Å². The summed E-state index contributed by atoms with van der Waals surface area (Å²) in [6.07, 6.45) is 4.52. The highest BCUT2D eigenvalue weighted by molar-refractivity contribution is 5.98. The van der Waals surface area contributed by atoms with Crippen molar-refractivity contribution in [3.63, 3.8) is 0 Å².